The average Bonchev–Trinajstić information content (AvgIpc) is 3.62. The number of nitrogens with zero attached hydrogens (tertiary/aromatic N) is 2. The number of alkyl halides is 1. The molecule has 1 saturated heterocycles. The lowest BCUT2D eigenvalue weighted by atomic mass is 10.1. The normalized spacial score (nSPS) is 31.5. The standard InChI is InChI=1S/C20H25FN4O2S/c1-20(21)9-14(20)19(26)25-7-8-27-11-13(25)10-22-15-3-2-4-16-17(15)23-18(24-28-16)12-5-6-12/h2-4,12-14,22H,5-11H2,1H3,(H,23,24). The van der Waals surface area contributed by atoms with Gasteiger partial charge in [-0.25, -0.2) is 9.38 Å². The number of aliphatic imine (C=N–C) groups is 1. The van der Waals surface area contributed by atoms with Crippen LogP contribution in [0.3, 0.4) is 0 Å². The second-order valence-electron chi connectivity index (χ2n) is 8.30. The van der Waals surface area contributed by atoms with E-state index in [9.17, 15) is 9.18 Å². The van der Waals surface area contributed by atoms with Gasteiger partial charge in [0, 0.05) is 19.0 Å². The third-order valence-electron chi connectivity index (χ3n) is 5.97. The Labute approximate surface area is 168 Å². The Hall–Kier alpha value is -1.80. The number of anilines is 1. The fraction of sp³-hybridized carbons (Fsp3) is 0.600. The van der Waals surface area contributed by atoms with Crippen LogP contribution in [-0.2, 0) is 9.53 Å². The van der Waals surface area contributed by atoms with E-state index < -0.39 is 11.6 Å². The fourth-order valence-corrected chi connectivity index (χ4v) is 4.70. The number of hydrogen-bond acceptors (Lipinski definition) is 6. The summed E-state index contributed by atoms with van der Waals surface area (Å²) >= 11 is 1.61. The van der Waals surface area contributed by atoms with Crippen LogP contribution in [-0.4, -0.2) is 54.7 Å². The van der Waals surface area contributed by atoms with Gasteiger partial charge in [0.25, 0.3) is 0 Å². The maximum absolute atomic E-state index is 14.0. The van der Waals surface area contributed by atoms with E-state index in [1.807, 2.05) is 12.1 Å². The number of morpholine rings is 1. The lowest BCUT2D eigenvalue weighted by Crippen LogP contribution is -2.52. The summed E-state index contributed by atoms with van der Waals surface area (Å²) in [7, 11) is 0. The SMILES string of the molecule is CC1(F)CC1C(=O)N1CCOCC1CNc1cccc2c1N=C(C1CC1)NS2. The number of fused-ring (bicyclic) bond motifs is 1. The Bertz CT molecular complexity index is 826. The Balaban J connectivity index is 1.30. The lowest BCUT2D eigenvalue weighted by molar-refractivity contribution is -0.141. The zero-order valence-corrected chi connectivity index (χ0v) is 16.7. The van der Waals surface area contributed by atoms with Crippen molar-refractivity contribution in [3.63, 3.8) is 0 Å². The second-order valence-corrected chi connectivity index (χ2v) is 9.15. The van der Waals surface area contributed by atoms with Gasteiger partial charge in [-0.1, -0.05) is 6.07 Å². The first-order valence-electron chi connectivity index (χ1n) is 9.98. The number of benzene rings is 1. The van der Waals surface area contributed by atoms with Crippen LogP contribution in [0, 0.1) is 11.8 Å². The molecule has 28 heavy (non-hydrogen) atoms. The van der Waals surface area contributed by atoms with Crippen molar-refractivity contribution < 1.29 is 13.9 Å². The molecule has 2 aliphatic heterocycles. The van der Waals surface area contributed by atoms with Gasteiger partial charge in [0.05, 0.1) is 35.8 Å². The van der Waals surface area contributed by atoms with E-state index in [0.29, 0.717) is 38.6 Å². The largest absolute Gasteiger partial charge is 0.381 e. The molecule has 2 saturated carbocycles. The molecule has 5 rings (SSSR count). The number of amides is 1. The van der Waals surface area contributed by atoms with Crippen LogP contribution in [0.4, 0.5) is 15.8 Å². The molecule has 2 aliphatic carbocycles. The smallest absolute Gasteiger partial charge is 0.229 e. The van der Waals surface area contributed by atoms with E-state index in [-0.39, 0.29) is 11.9 Å². The highest BCUT2D eigenvalue weighted by atomic mass is 32.2. The molecule has 2 heterocycles. The predicted molar refractivity (Wildman–Crippen MR) is 108 cm³/mol. The molecule has 0 spiro atoms. The number of para-hydroxylation sites is 1. The molecule has 150 valence electrons. The van der Waals surface area contributed by atoms with Crippen molar-refractivity contribution in [3.8, 4) is 0 Å². The van der Waals surface area contributed by atoms with E-state index in [1.54, 1.807) is 16.8 Å². The quantitative estimate of drug-likeness (QED) is 0.738. The number of amidine groups is 1. The lowest BCUT2D eigenvalue weighted by Gasteiger charge is -2.36. The van der Waals surface area contributed by atoms with Crippen molar-refractivity contribution >= 4 is 35.1 Å². The summed E-state index contributed by atoms with van der Waals surface area (Å²) in [5.41, 5.74) is 0.579. The molecule has 3 unspecified atom stereocenters. The highest BCUT2D eigenvalue weighted by Gasteiger charge is 2.57. The molecule has 0 radical (unpaired) electrons. The number of carbonyl (C=O) groups excluding carboxylic acids is 1. The molecule has 6 nitrogen and oxygen atoms in total. The van der Waals surface area contributed by atoms with Gasteiger partial charge in [0.2, 0.25) is 5.91 Å². The van der Waals surface area contributed by atoms with Gasteiger partial charge in [0.15, 0.2) is 0 Å². The molecule has 0 bridgehead atoms. The fourth-order valence-electron chi connectivity index (χ4n) is 3.87. The Morgan fingerprint density at radius 2 is 2.32 bits per heavy atom. The third kappa shape index (κ3) is 3.48. The highest BCUT2D eigenvalue weighted by Crippen LogP contribution is 2.48. The molecule has 1 aromatic carbocycles. The Kier molecular flexibility index (Phi) is 4.50. The summed E-state index contributed by atoms with van der Waals surface area (Å²) in [6, 6.07) is 5.98. The summed E-state index contributed by atoms with van der Waals surface area (Å²) in [5, 5.41) is 3.47. The molecular formula is C20H25FN4O2S. The molecule has 1 amide bonds. The number of halogens is 1. The maximum Gasteiger partial charge on any atom is 0.229 e. The van der Waals surface area contributed by atoms with Crippen molar-refractivity contribution in [2.45, 2.75) is 42.8 Å². The van der Waals surface area contributed by atoms with Gasteiger partial charge in [-0.05, 0) is 50.3 Å². The van der Waals surface area contributed by atoms with Gasteiger partial charge in [0.1, 0.15) is 17.2 Å². The zero-order chi connectivity index (χ0) is 19.3. The average molecular weight is 405 g/mol. The Morgan fingerprint density at radius 3 is 3.07 bits per heavy atom. The minimum absolute atomic E-state index is 0.0796. The maximum atomic E-state index is 14.0. The monoisotopic (exact) mass is 404 g/mol. The van der Waals surface area contributed by atoms with Crippen molar-refractivity contribution in [2.24, 2.45) is 16.8 Å². The van der Waals surface area contributed by atoms with Gasteiger partial charge < -0.3 is 19.7 Å². The van der Waals surface area contributed by atoms with Crippen molar-refractivity contribution in [3.05, 3.63) is 18.2 Å². The summed E-state index contributed by atoms with van der Waals surface area (Å²) in [4.78, 5) is 20.5. The number of ether oxygens (including phenoxy) is 1. The van der Waals surface area contributed by atoms with Crippen molar-refractivity contribution in [1.82, 2.24) is 9.62 Å². The summed E-state index contributed by atoms with van der Waals surface area (Å²) < 4.78 is 23.0. The van der Waals surface area contributed by atoms with Crippen LogP contribution < -0.4 is 10.0 Å². The molecule has 4 aliphatic rings. The molecule has 8 heteroatoms. The third-order valence-corrected chi connectivity index (χ3v) is 6.83. The van der Waals surface area contributed by atoms with Crippen LogP contribution in [0.2, 0.25) is 0 Å². The molecule has 0 aromatic heterocycles. The van der Waals surface area contributed by atoms with E-state index >= 15 is 0 Å². The van der Waals surface area contributed by atoms with E-state index in [1.165, 1.54) is 19.8 Å². The summed E-state index contributed by atoms with van der Waals surface area (Å²) in [6.07, 6.45) is 2.73. The van der Waals surface area contributed by atoms with Gasteiger partial charge >= 0.3 is 0 Å². The number of rotatable bonds is 5. The Morgan fingerprint density at radius 1 is 1.50 bits per heavy atom. The topological polar surface area (TPSA) is 66.0 Å². The molecule has 3 fully saturated rings. The van der Waals surface area contributed by atoms with Gasteiger partial charge in [-0.3, -0.25) is 4.79 Å². The number of hydrogen-bond donors (Lipinski definition) is 2. The van der Waals surface area contributed by atoms with Crippen LogP contribution in [0.5, 0.6) is 0 Å². The van der Waals surface area contributed by atoms with Crippen molar-refractivity contribution in [2.75, 3.05) is 31.6 Å². The minimum Gasteiger partial charge on any atom is -0.381 e. The summed E-state index contributed by atoms with van der Waals surface area (Å²) in [5.74, 6) is 1.04. The number of nitrogens with one attached hydrogen (secondary N) is 2. The first kappa shape index (κ1) is 18.2. The first-order valence-corrected chi connectivity index (χ1v) is 10.8. The first-order chi connectivity index (χ1) is 13.5. The van der Waals surface area contributed by atoms with E-state index in [4.69, 9.17) is 9.73 Å². The van der Waals surface area contributed by atoms with E-state index in [0.717, 1.165) is 22.1 Å². The minimum atomic E-state index is -1.34. The molecule has 3 atom stereocenters. The molecular weight excluding hydrogens is 379 g/mol. The predicted octanol–water partition coefficient (Wildman–Crippen LogP) is 3.12. The van der Waals surface area contributed by atoms with Crippen molar-refractivity contribution in [1.29, 1.82) is 0 Å². The molecule has 1 aromatic rings. The van der Waals surface area contributed by atoms with E-state index in [2.05, 4.69) is 16.1 Å². The summed E-state index contributed by atoms with van der Waals surface area (Å²) in [6.45, 7) is 3.58. The van der Waals surface area contributed by atoms with Crippen LogP contribution in [0.25, 0.3) is 0 Å². The van der Waals surface area contributed by atoms with Gasteiger partial charge in [-0.2, -0.15) is 0 Å². The van der Waals surface area contributed by atoms with Crippen LogP contribution >= 0.6 is 11.9 Å². The zero-order valence-electron chi connectivity index (χ0n) is 15.9. The van der Waals surface area contributed by atoms with Crippen LogP contribution in [0.15, 0.2) is 28.1 Å². The molecule has 2 N–H and O–H groups in total. The second kappa shape index (κ2) is 6.91. The van der Waals surface area contributed by atoms with Crippen LogP contribution in [0.1, 0.15) is 26.2 Å². The highest BCUT2D eigenvalue weighted by molar-refractivity contribution is 7.98. The van der Waals surface area contributed by atoms with Gasteiger partial charge in [-0.15, -0.1) is 0 Å². The number of carbonyl (C=O) groups is 1.